The Morgan fingerprint density at radius 2 is 1.86 bits per heavy atom. The van der Waals surface area contributed by atoms with E-state index in [4.69, 9.17) is 15.9 Å². The number of hydrogen-bond acceptors (Lipinski definition) is 4. The number of amides is 1. The van der Waals surface area contributed by atoms with E-state index in [1.807, 2.05) is 0 Å². The maximum Gasteiger partial charge on any atom is 0.414 e. The lowest BCUT2D eigenvalue weighted by Crippen LogP contribution is -2.34. The second-order valence-electron chi connectivity index (χ2n) is 5.84. The maximum atomic E-state index is 12.2. The highest BCUT2D eigenvalue weighted by molar-refractivity contribution is 5.96. The third-order valence-electron chi connectivity index (χ3n) is 2.98. The normalized spacial score (nSPS) is 10.6. The van der Waals surface area contributed by atoms with Gasteiger partial charge in [0.2, 0.25) is 0 Å². The predicted molar refractivity (Wildman–Crippen MR) is 85.1 cm³/mol. The fourth-order valence-electron chi connectivity index (χ4n) is 1.88. The Labute approximate surface area is 131 Å². The van der Waals surface area contributed by atoms with Crippen LogP contribution in [-0.2, 0) is 9.47 Å². The van der Waals surface area contributed by atoms with E-state index in [-0.39, 0.29) is 0 Å². The number of hydrogen-bond donors (Lipinski definition) is 0. The lowest BCUT2D eigenvalue weighted by Gasteiger charge is -2.26. The third-order valence-corrected chi connectivity index (χ3v) is 2.98. The largest absolute Gasteiger partial charge is 0.465 e. The van der Waals surface area contributed by atoms with Gasteiger partial charge >= 0.3 is 12.1 Å². The summed E-state index contributed by atoms with van der Waals surface area (Å²) in [5, 5.41) is 0. The fourth-order valence-corrected chi connectivity index (χ4v) is 1.88. The molecule has 0 bridgehead atoms. The molecule has 0 aromatic heterocycles. The van der Waals surface area contributed by atoms with Crippen molar-refractivity contribution in [1.82, 2.24) is 0 Å². The van der Waals surface area contributed by atoms with Gasteiger partial charge in [-0.05, 0) is 45.4 Å². The van der Waals surface area contributed by atoms with Crippen molar-refractivity contribution in [2.75, 3.05) is 19.1 Å². The topological polar surface area (TPSA) is 55.8 Å². The van der Waals surface area contributed by atoms with E-state index in [1.54, 1.807) is 46.9 Å². The van der Waals surface area contributed by atoms with Crippen molar-refractivity contribution in [1.29, 1.82) is 0 Å². The van der Waals surface area contributed by atoms with Crippen LogP contribution >= 0.6 is 0 Å². The Kier molecular flexibility index (Phi) is 5.21. The number of anilines is 1. The Morgan fingerprint density at radius 3 is 2.32 bits per heavy atom. The van der Waals surface area contributed by atoms with Crippen LogP contribution in [0.15, 0.2) is 12.1 Å². The summed E-state index contributed by atoms with van der Waals surface area (Å²) in [6, 6.07) is 3.22. The van der Waals surface area contributed by atoms with Gasteiger partial charge in [0.1, 0.15) is 5.60 Å². The zero-order valence-corrected chi connectivity index (χ0v) is 13.8. The zero-order valence-electron chi connectivity index (χ0n) is 13.8. The van der Waals surface area contributed by atoms with E-state index in [0.717, 1.165) is 0 Å². The zero-order chi connectivity index (χ0) is 17.1. The van der Waals surface area contributed by atoms with Crippen molar-refractivity contribution in [3.63, 3.8) is 0 Å². The number of esters is 1. The summed E-state index contributed by atoms with van der Waals surface area (Å²) in [7, 11) is 2.86. The Bertz CT molecular complexity index is 635. The summed E-state index contributed by atoms with van der Waals surface area (Å²) in [6.45, 7) is 7.07. The molecule has 1 rings (SSSR count). The summed E-state index contributed by atoms with van der Waals surface area (Å²) in [5.41, 5.74) is 1.29. The average molecular weight is 303 g/mol. The number of benzene rings is 1. The van der Waals surface area contributed by atoms with E-state index < -0.39 is 17.7 Å². The molecule has 0 atom stereocenters. The molecule has 118 valence electrons. The second-order valence-corrected chi connectivity index (χ2v) is 5.84. The minimum Gasteiger partial charge on any atom is -0.465 e. The van der Waals surface area contributed by atoms with Gasteiger partial charge in [-0.2, -0.15) is 0 Å². The molecule has 0 radical (unpaired) electrons. The van der Waals surface area contributed by atoms with Crippen LogP contribution in [0, 0.1) is 19.3 Å². The van der Waals surface area contributed by atoms with Crippen LogP contribution < -0.4 is 4.90 Å². The van der Waals surface area contributed by atoms with Crippen molar-refractivity contribution >= 4 is 17.7 Å². The van der Waals surface area contributed by atoms with Gasteiger partial charge in [0, 0.05) is 12.6 Å². The standard InChI is InChI=1S/C17H21NO4/c1-8-12-9-13(15(19)21-7)11(2)14(10-12)18(6)16(20)22-17(3,4)5/h1,9-10H,2-7H3. The SMILES string of the molecule is C#Cc1cc(C(=O)OC)c(C)c(N(C)C(=O)OC(C)(C)C)c1. The summed E-state index contributed by atoms with van der Waals surface area (Å²) < 4.78 is 10.1. The Hall–Kier alpha value is -2.48. The van der Waals surface area contributed by atoms with Gasteiger partial charge in [-0.15, -0.1) is 6.42 Å². The number of methoxy groups -OCH3 is 1. The molecular formula is C17H21NO4. The fraction of sp³-hybridized carbons (Fsp3) is 0.412. The number of carbonyl (C=O) groups is 2. The molecule has 22 heavy (non-hydrogen) atoms. The molecule has 1 aromatic carbocycles. The van der Waals surface area contributed by atoms with Gasteiger partial charge in [0.05, 0.1) is 18.4 Å². The van der Waals surface area contributed by atoms with E-state index in [1.165, 1.54) is 12.0 Å². The molecule has 0 aliphatic heterocycles. The van der Waals surface area contributed by atoms with E-state index in [9.17, 15) is 9.59 Å². The molecule has 0 saturated heterocycles. The van der Waals surface area contributed by atoms with Crippen LogP contribution in [0.25, 0.3) is 0 Å². The van der Waals surface area contributed by atoms with Crippen LogP contribution in [0.5, 0.6) is 0 Å². The Balaban J connectivity index is 3.32. The molecule has 0 aliphatic carbocycles. The van der Waals surface area contributed by atoms with Crippen LogP contribution in [0.1, 0.15) is 42.3 Å². The summed E-state index contributed by atoms with van der Waals surface area (Å²) >= 11 is 0. The molecule has 5 heteroatoms. The molecule has 1 amide bonds. The molecular weight excluding hydrogens is 282 g/mol. The molecule has 5 nitrogen and oxygen atoms in total. The average Bonchev–Trinajstić information content (AvgIpc) is 2.44. The third kappa shape index (κ3) is 4.01. The smallest absolute Gasteiger partial charge is 0.414 e. The first-order valence-corrected chi connectivity index (χ1v) is 6.77. The number of rotatable bonds is 2. The highest BCUT2D eigenvalue weighted by Gasteiger charge is 2.24. The van der Waals surface area contributed by atoms with Gasteiger partial charge in [0.25, 0.3) is 0 Å². The number of carbonyl (C=O) groups excluding carboxylic acids is 2. The summed E-state index contributed by atoms with van der Waals surface area (Å²) in [6.07, 6.45) is 4.89. The monoisotopic (exact) mass is 303 g/mol. The van der Waals surface area contributed by atoms with Crippen molar-refractivity contribution in [2.24, 2.45) is 0 Å². The van der Waals surface area contributed by atoms with E-state index >= 15 is 0 Å². The lowest BCUT2D eigenvalue weighted by atomic mass is 10.0. The van der Waals surface area contributed by atoms with Gasteiger partial charge in [0.15, 0.2) is 0 Å². The van der Waals surface area contributed by atoms with Gasteiger partial charge in [-0.25, -0.2) is 9.59 Å². The van der Waals surface area contributed by atoms with E-state index in [2.05, 4.69) is 5.92 Å². The van der Waals surface area contributed by atoms with Crippen LogP contribution in [0.2, 0.25) is 0 Å². The molecule has 0 saturated carbocycles. The minimum atomic E-state index is -0.617. The van der Waals surface area contributed by atoms with Crippen molar-refractivity contribution in [3.8, 4) is 12.3 Å². The lowest BCUT2D eigenvalue weighted by molar-refractivity contribution is 0.0579. The molecule has 0 unspecified atom stereocenters. The highest BCUT2D eigenvalue weighted by atomic mass is 16.6. The van der Waals surface area contributed by atoms with Crippen molar-refractivity contribution in [2.45, 2.75) is 33.3 Å². The van der Waals surface area contributed by atoms with Gasteiger partial charge in [-0.3, -0.25) is 4.90 Å². The first-order chi connectivity index (χ1) is 10.1. The van der Waals surface area contributed by atoms with Gasteiger partial charge < -0.3 is 9.47 Å². The van der Waals surface area contributed by atoms with Crippen LogP contribution in [-0.4, -0.2) is 31.8 Å². The molecule has 0 fully saturated rings. The van der Waals surface area contributed by atoms with Crippen molar-refractivity contribution < 1.29 is 19.1 Å². The van der Waals surface area contributed by atoms with E-state index in [0.29, 0.717) is 22.4 Å². The summed E-state index contributed by atoms with van der Waals surface area (Å²) in [5.74, 6) is 1.96. The summed E-state index contributed by atoms with van der Waals surface area (Å²) in [4.78, 5) is 25.4. The van der Waals surface area contributed by atoms with Crippen LogP contribution in [0.3, 0.4) is 0 Å². The Morgan fingerprint density at radius 1 is 1.27 bits per heavy atom. The second kappa shape index (κ2) is 6.52. The van der Waals surface area contributed by atoms with Crippen LogP contribution in [0.4, 0.5) is 10.5 Å². The number of terminal acetylenes is 1. The first-order valence-electron chi connectivity index (χ1n) is 6.77. The minimum absolute atomic E-state index is 0.323. The number of ether oxygens (including phenoxy) is 2. The predicted octanol–water partition coefficient (Wildman–Crippen LogP) is 3.13. The molecule has 0 heterocycles. The highest BCUT2D eigenvalue weighted by Crippen LogP contribution is 2.26. The molecule has 0 spiro atoms. The quantitative estimate of drug-likeness (QED) is 0.622. The maximum absolute atomic E-state index is 12.2. The molecule has 1 aromatic rings. The molecule has 0 aliphatic rings. The van der Waals surface area contributed by atoms with Gasteiger partial charge in [-0.1, -0.05) is 5.92 Å². The van der Waals surface area contributed by atoms with Crippen molar-refractivity contribution in [3.05, 3.63) is 28.8 Å². The molecule has 0 N–H and O–H groups in total. The first kappa shape index (κ1) is 17.6. The number of nitrogens with zero attached hydrogens (tertiary/aromatic N) is 1.